The van der Waals surface area contributed by atoms with Crippen LogP contribution in [0.2, 0.25) is 0 Å². The number of rotatable bonds is 5. The third-order valence-electron chi connectivity index (χ3n) is 3.60. The second-order valence-corrected chi connectivity index (χ2v) is 5.20. The Labute approximate surface area is 138 Å². The van der Waals surface area contributed by atoms with Crippen molar-refractivity contribution in [3.63, 3.8) is 0 Å². The predicted molar refractivity (Wildman–Crippen MR) is 91.5 cm³/mol. The standard InChI is InChI=1S/C17H17N5O2/c1-3-22-16(24)15(20-17-18-9-10-19-17)13(11(2)23)14(21-22)12-7-5-4-6-8-12/h4-10H,3H2,1-2H3,(H2,18,19,20). The Morgan fingerprint density at radius 1 is 1.29 bits per heavy atom. The number of aromatic amines is 1. The van der Waals surface area contributed by atoms with Crippen LogP contribution in [0.4, 0.5) is 11.6 Å². The summed E-state index contributed by atoms with van der Waals surface area (Å²) in [6, 6.07) is 9.32. The van der Waals surface area contributed by atoms with E-state index in [-0.39, 0.29) is 22.6 Å². The van der Waals surface area contributed by atoms with Crippen LogP contribution >= 0.6 is 0 Å². The quantitative estimate of drug-likeness (QED) is 0.704. The summed E-state index contributed by atoms with van der Waals surface area (Å²) in [5, 5.41) is 7.31. The Kier molecular flexibility index (Phi) is 4.24. The van der Waals surface area contributed by atoms with Crippen molar-refractivity contribution >= 4 is 17.4 Å². The Balaban J connectivity index is 2.29. The normalized spacial score (nSPS) is 10.6. The van der Waals surface area contributed by atoms with E-state index in [1.54, 1.807) is 12.4 Å². The van der Waals surface area contributed by atoms with E-state index in [9.17, 15) is 9.59 Å². The van der Waals surface area contributed by atoms with Crippen molar-refractivity contribution in [1.29, 1.82) is 0 Å². The zero-order chi connectivity index (χ0) is 17.1. The van der Waals surface area contributed by atoms with E-state index in [0.29, 0.717) is 18.2 Å². The molecule has 7 heteroatoms. The molecule has 2 N–H and O–H groups in total. The van der Waals surface area contributed by atoms with E-state index >= 15 is 0 Å². The third kappa shape index (κ3) is 2.83. The molecule has 2 aromatic heterocycles. The van der Waals surface area contributed by atoms with E-state index in [0.717, 1.165) is 5.56 Å². The van der Waals surface area contributed by atoms with E-state index < -0.39 is 0 Å². The SMILES string of the molecule is CCn1nc(-c2ccccc2)c(C(C)=O)c(Nc2ncc[nH]2)c1=O. The van der Waals surface area contributed by atoms with E-state index in [1.807, 2.05) is 37.3 Å². The zero-order valence-corrected chi connectivity index (χ0v) is 13.4. The molecule has 0 radical (unpaired) electrons. The average molecular weight is 323 g/mol. The lowest BCUT2D eigenvalue weighted by atomic mass is 10.0. The van der Waals surface area contributed by atoms with Gasteiger partial charge in [-0.1, -0.05) is 30.3 Å². The van der Waals surface area contributed by atoms with Crippen LogP contribution in [0.3, 0.4) is 0 Å². The largest absolute Gasteiger partial charge is 0.331 e. The number of aryl methyl sites for hydroxylation is 1. The molecule has 0 aliphatic carbocycles. The Morgan fingerprint density at radius 3 is 2.62 bits per heavy atom. The van der Waals surface area contributed by atoms with Gasteiger partial charge in [-0.05, 0) is 13.8 Å². The minimum Gasteiger partial charge on any atom is -0.331 e. The summed E-state index contributed by atoms with van der Waals surface area (Å²) < 4.78 is 1.33. The van der Waals surface area contributed by atoms with Gasteiger partial charge in [0.1, 0.15) is 11.4 Å². The topological polar surface area (TPSA) is 92.7 Å². The monoisotopic (exact) mass is 323 g/mol. The first-order chi connectivity index (χ1) is 11.6. The maximum absolute atomic E-state index is 12.7. The number of carbonyl (C=O) groups excluding carboxylic acids is 1. The van der Waals surface area contributed by atoms with Crippen LogP contribution in [0.5, 0.6) is 0 Å². The molecule has 0 saturated heterocycles. The van der Waals surface area contributed by atoms with Crippen molar-refractivity contribution in [1.82, 2.24) is 19.7 Å². The average Bonchev–Trinajstić information content (AvgIpc) is 3.10. The fourth-order valence-corrected chi connectivity index (χ4v) is 2.49. The maximum Gasteiger partial charge on any atom is 0.291 e. The number of H-pyrrole nitrogens is 1. The number of nitrogens with zero attached hydrogens (tertiary/aromatic N) is 3. The van der Waals surface area contributed by atoms with E-state index in [1.165, 1.54) is 11.6 Å². The second kappa shape index (κ2) is 6.49. The van der Waals surface area contributed by atoms with Gasteiger partial charge >= 0.3 is 0 Å². The molecule has 0 aliphatic rings. The first kappa shape index (κ1) is 15.7. The maximum atomic E-state index is 12.7. The lowest BCUT2D eigenvalue weighted by Crippen LogP contribution is -2.28. The van der Waals surface area contributed by atoms with Crippen molar-refractivity contribution in [3.8, 4) is 11.3 Å². The molecule has 0 saturated carbocycles. The van der Waals surface area contributed by atoms with Crippen LogP contribution in [0, 0.1) is 0 Å². The summed E-state index contributed by atoms with van der Waals surface area (Å²) in [7, 11) is 0. The van der Waals surface area contributed by atoms with Gasteiger partial charge in [-0.3, -0.25) is 9.59 Å². The fourth-order valence-electron chi connectivity index (χ4n) is 2.49. The summed E-state index contributed by atoms with van der Waals surface area (Å²) in [5.74, 6) is 0.151. The number of ketones is 1. The second-order valence-electron chi connectivity index (χ2n) is 5.20. The van der Waals surface area contributed by atoms with Gasteiger partial charge in [0.15, 0.2) is 5.78 Å². The number of hydrogen-bond acceptors (Lipinski definition) is 5. The van der Waals surface area contributed by atoms with Crippen molar-refractivity contribution in [2.45, 2.75) is 20.4 Å². The first-order valence-electron chi connectivity index (χ1n) is 7.59. The molecule has 0 bridgehead atoms. The van der Waals surface area contributed by atoms with Crippen molar-refractivity contribution < 1.29 is 4.79 Å². The van der Waals surface area contributed by atoms with Gasteiger partial charge in [-0.15, -0.1) is 0 Å². The number of benzene rings is 1. The molecule has 0 unspecified atom stereocenters. The summed E-state index contributed by atoms with van der Waals surface area (Å²) >= 11 is 0. The van der Waals surface area contributed by atoms with E-state index in [2.05, 4.69) is 20.4 Å². The molecule has 122 valence electrons. The van der Waals surface area contributed by atoms with Crippen LogP contribution in [0.1, 0.15) is 24.2 Å². The van der Waals surface area contributed by atoms with Crippen molar-refractivity contribution in [2.75, 3.05) is 5.32 Å². The van der Waals surface area contributed by atoms with Gasteiger partial charge in [0.05, 0.1) is 5.56 Å². The van der Waals surface area contributed by atoms with Crippen LogP contribution < -0.4 is 10.9 Å². The molecular weight excluding hydrogens is 306 g/mol. The molecule has 0 spiro atoms. The molecule has 0 amide bonds. The minimum absolute atomic E-state index is 0.174. The van der Waals surface area contributed by atoms with Gasteiger partial charge in [-0.2, -0.15) is 5.10 Å². The number of aromatic nitrogens is 4. The molecule has 2 heterocycles. The number of anilines is 2. The Bertz CT molecular complexity index is 914. The molecule has 3 aromatic rings. The number of carbonyl (C=O) groups is 1. The Hall–Kier alpha value is -3.22. The summed E-state index contributed by atoms with van der Waals surface area (Å²) in [6.07, 6.45) is 3.20. The Morgan fingerprint density at radius 2 is 2.04 bits per heavy atom. The molecule has 24 heavy (non-hydrogen) atoms. The zero-order valence-electron chi connectivity index (χ0n) is 13.4. The van der Waals surface area contributed by atoms with Crippen LogP contribution in [-0.4, -0.2) is 25.5 Å². The van der Waals surface area contributed by atoms with Crippen LogP contribution in [0.15, 0.2) is 47.5 Å². The van der Waals surface area contributed by atoms with E-state index in [4.69, 9.17) is 0 Å². The highest BCUT2D eigenvalue weighted by molar-refractivity contribution is 6.05. The van der Waals surface area contributed by atoms with Crippen LogP contribution in [-0.2, 0) is 6.54 Å². The smallest absolute Gasteiger partial charge is 0.291 e. The molecule has 3 rings (SSSR count). The lowest BCUT2D eigenvalue weighted by molar-refractivity contribution is 0.101. The van der Waals surface area contributed by atoms with Gasteiger partial charge in [0.2, 0.25) is 5.95 Å². The number of imidazole rings is 1. The molecule has 7 nitrogen and oxygen atoms in total. The highest BCUT2D eigenvalue weighted by Crippen LogP contribution is 2.26. The minimum atomic E-state index is -0.362. The van der Waals surface area contributed by atoms with Crippen LogP contribution in [0.25, 0.3) is 11.3 Å². The highest BCUT2D eigenvalue weighted by atomic mass is 16.1. The van der Waals surface area contributed by atoms with Gasteiger partial charge < -0.3 is 10.3 Å². The summed E-state index contributed by atoms with van der Waals surface area (Å²) in [5.41, 5.74) is 1.31. The summed E-state index contributed by atoms with van der Waals surface area (Å²) in [6.45, 7) is 3.64. The lowest BCUT2D eigenvalue weighted by Gasteiger charge is -2.15. The molecular formula is C17H17N5O2. The third-order valence-corrected chi connectivity index (χ3v) is 3.60. The number of hydrogen-bond donors (Lipinski definition) is 2. The van der Waals surface area contributed by atoms with Crippen molar-refractivity contribution in [2.24, 2.45) is 0 Å². The summed E-state index contributed by atoms with van der Waals surface area (Å²) in [4.78, 5) is 31.9. The number of Topliss-reactive ketones (excluding diaryl/α,β-unsaturated/α-hetero) is 1. The predicted octanol–water partition coefficient (Wildman–Crippen LogP) is 2.60. The molecule has 0 fully saturated rings. The first-order valence-corrected chi connectivity index (χ1v) is 7.59. The van der Waals surface area contributed by atoms with Gasteiger partial charge in [0.25, 0.3) is 5.56 Å². The number of nitrogens with one attached hydrogen (secondary N) is 2. The van der Waals surface area contributed by atoms with Crippen molar-refractivity contribution in [3.05, 3.63) is 58.6 Å². The molecule has 1 aromatic carbocycles. The molecule has 0 atom stereocenters. The van der Waals surface area contributed by atoms with Gasteiger partial charge in [-0.25, -0.2) is 9.67 Å². The highest BCUT2D eigenvalue weighted by Gasteiger charge is 2.22. The van der Waals surface area contributed by atoms with Gasteiger partial charge in [0, 0.05) is 24.5 Å². The fraction of sp³-hybridized carbons (Fsp3) is 0.176. The molecule has 0 aliphatic heterocycles.